The zero-order chi connectivity index (χ0) is 9.52. The lowest BCUT2D eigenvalue weighted by molar-refractivity contribution is -0.0852. The Kier molecular flexibility index (Phi) is 5.31. The standard InChI is InChI=1S/C9H18O4/c10-5-9(6-11)13-7-8-3-1-2-4-12-8/h8-11H,1-7H2. The lowest BCUT2D eigenvalue weighted by atomic mass is 10.1. The molecule has 78 valence electrons. The molecule has 0 amide bonds. The van der Waals surface area contributed by atoms with Crippen molar-refractivity contribution < 1.29 is 19.7 Å². The van der Waals surface area contributed by atoms with Crippen LogP contribution >= 0.6 is 0 Å². The number of aliphatic hydroxyl groups excluding tert-OH is 2. The summed E-state index contributed by atoms with van der Waals surface area (Å²) in [6.45, 7) is 1.01. The molecule has 0 aliphatic carbocycles. The van der Waals surface area contributed by atoms with E-state index in [2.05, 4.69) is 0 Å². The van der Waals surface area contributed by atoms with E-state index in [0.717, 1.165) is 19.4 Å². The fraction of sp³-hybridized carbons (Fsp3) is 1.00. The van der Waals surface area contributed by atoms with E-state index < -0.39 is 6.10 Å². The SMILES string of the molecule is OCC(CO)OCC1CCCCO1. The molecule has 0 aromatic carbocycles. The van der Waals surface area contributed by atoms with Crippen molar-refractivity contribution in [3.05, 3.63) is 0 Å². The van der Waals surface area contributed by atoms with Gasteiger partial charge in [-0.2, -0.15) is 0 Å². The molecule has 4 nitrogen and oxygen atoms in total. The molecule has 0 spiro atoms. The lowest BCUT2D eigenvalue weighted by Gasteiger charge is -2.24. The second kappa shape index (κ2) is 6.32. The van der Waals surface area contributed by atoms with Crippen molar-refractivity contribution in [3.63, 3.8) is 0 Å². The molecule has 2 N–H and O–H groups in total. The minimum atomic E-state index is -0.453. The average molecular weight is 190 g/mol. The Balaban J connectivity index is 2.09. The van der Waals surface area contributed by atoms with E-state index in [1.807, 2.05) is 0 Å². The topological polar surface area (TPSA) is 58.9 Å². The van der Waals surface area contributed by atoms with E-state index in [4.69, 9.17) is 19.7 Å². The van der Waals surface area contributed by atoms with E-state index in [0.29, 0.717) is 6.61 Å². The van der Waals surface area contributed by atoms with Gasteiger partial charge in [0, 0.05) is 6.61 Å². The summed E-state index contributed by atoms with van der Waals surface area (Å²) in [6.07, 6.45) is 3.01. The zero-order valence-electron chi connectivity index (χ0n) is 7.82. The number of hydrogen-bond acceptors (Lipinski definition) is 4. The third-order valence-electron chi connectivity index (χ3n) is 2.20. The van der Waals surface area contributed by atoms with E-state index in [9.17, 15) is 0 Å². The first kappa shape index (κ1) is 10.9. The van der Waals surface area contributed by atoms with Crippen LogP contribution in [0.4, 0.5) is 0 Å². The molecule has 0 bridgehead atoms. The van der Waals surface area contributed by atoms with Gasteiger partial charge in [-0.25, -0.2) is 0 Å². The van der Waals surface area contributed by atoms with Gasteiger partial charge in [0.1, 0.15) is 6.10 Å². The number of rotatable bonds is 5. The summed E-state index contributed by atoms with van der Waals surface area (Å²) in [6, 6.07) is 0. The van der Waals surface area contributed by atoms with Gasteiger partial charge < -0.3 is 19.7 Å². The molecule has 1 unspecified atom stereocenters. The van der Waals surface area contributed by atoms with Gasteiger partial charge in [0.15, 0.2) is 0 Å². The molecule has 4 heteroatoms. The van der Waals surface area contributed by atoms with Crippen LogP contribution in [-0.4, -0.2) is 48.8 Å². The van der Waals surface area contributed by atoms with E-state index in [1.54, 1.807) is 0 Å². The van der Waals surface area contributed by atoms with Gasteiger partial charge in [0.2, 0.25) is 0 Å². The van der Waals surface area contributed by atoms with Crippen molar-refractivity contribution in [3.8, 4) is 0 Å². The molecule has 1 atom stereocenters. The highest BCUT2D eigenvalue weighted by Crippen LogP contribution is 2.13. The molecular formula is C9H18O4. The summed E-state index contributed by atoms with van der Waals surface area (Å²) in [5.74, 6) is 0. The Morgan fingerprint density at radius 1 is 1.31 bits per heavy atom. The van der Waals surface area contributed by atoms with Crippen molar-refractivity contribution in [1.29, 1.82) is 0 Å². The van der Waals surface area contributed by atoms with Crippen LogP contribution in [0.25, 0.3) is 0 Å². The largest absolute Gasteiger partial charge is 0.394 e. The van der Waals surface area contributed by atoms with Crippen LogP contribution < -0.4 is 0 Å². The number of ether oxygens (including phenoxy) is 2. The first-order valence-electron chi connectivity index (χ1n) is 4.81. The molecule has 0 saturated carbocycles. The smallest absolute Gasteiger partial charge is 0.104 e. The van der Waals surface area contributed by atoms with Crippen LogP contribution in [0, 0.1) is 0 Å². The van der Waals surface area contributed by atoms with Gasteiger partial charge in [-0.1, -0.05) is 0 Å². The van der Waals surface area contributed by atoms with E-state index in [-0.39, 0.29) is 19.3 Å². The van der Waals surface area contributed by atoms with Crippen LogP contribution in [0.3, 0.4) is 0 Å². The summed E-state index contributed by atoms with van der Waals surface area (Å²) in [4.78, 5) is 0. The monoisotopic (exact) mass is 190 g/mol. The maximum absolute atomic E-state index is 8.73. The molecule has 1 fully saturated rings. The Bertz CT molecular complexity index is 119. The van der Waals surface area contributed by atoms with Gasteiger partial charge in [-0.05, 0) is 19.3 Å². The minimum Gasteiger partial charge on any atom is -0.394 e. The van der Waals surface area contributed by atoms with Gasteiger partial charge in [-0.15, -0.1) is 0 Å². The molecule has 1 aliphatic rings. The van der Waals surface area contributed by atoms with E-state index >= 15 is 0 Å². The first-order valence-corrected chi connectivity index (χ1v) is 4.81. The molecule has 0 radical (unpaired) electrons. The molecule has 13 heavy (non-hydrogen) atoms. The molecule has 0 aromatic rings. The number of hydrogen-bond donors (Lipinski definition) is 2. The van der Waals surface area contributed by atoms with Gasteiger partial charge in [0.05, 0.1) is 25.9 Å². The van der Waals surface area contributed by atoms with Crippen LogP contribution in [-0.2, 0) is 9.47 Å². The van der Waals surface area contributed by atoms with Crippen molar-refractivity contribution in [2.45, 2.75) is 31.5 Å². The maximum Gasteiger partial charge on any atom is 0.104 e. The van der Waals surface area contributed by atoms with Gasteiger partial charge >= 0.3 is 0 Å². The number of aliphatic hydroxyl groups is 2. The van der Waals surface area contributed by atoms with Crippen LogP contribution in [0.5, 0.6) is 0 Å². The predicted octanol–water partition coefficient (Wildman–Crippen LogP) is -0.0747. The molecule has 1 heterocycles. The first-order chi connectivity index (χ1) is 6.36. The summed E-state index contributed by atoms with van der Waals surface area (Å²) < 4.78 is 10.7. The summed E-state index contributed by atoms with van der Waals surface area (Å²) in [5, 5.41) is 17.5. The Morgan fingerprint density at radius 3 is 2.62 bits per heavy atom. The van der Waals surface area contributed by atoms with Crippen molar-refractivity contribution >= 4 is 0 Å². The maximum atomic E-state index is 8.73. The lowest BCUT2D eigenvalue weighted by Crippen LogP contribution is -2.30. The molecule has 1 saturated heterocycles. The molecule has 0 aromatic heterocycles. The molecule has 1 aliphatic heterocycles. The second-order valence-corrected chi connectivity index (χ2v) is 3.31. The summed E-state index contributed by atoms with van der Waals surface area (Å²) in [5.41, 5.74) is 0. The highest BCUT2D eigenvalue weighted by molar-refractivity contribution is 4.64. The normalized spacial score (nSPS) is 23.8. The van der Waals surface area contributed by atoms with Crippen LogP contribution in [0.2, 0.25) is 0 Å². The van der Waals surface area contributed by atoms with E-state index in [1.165, 1.54) is 6.42 Å². The highest BCUT2D eigenvalue weighted by atomic mass is 16.5. The van der Waals surface area contributed by atoms with Crippen molar-refractivity contribution in [1.82, 2.24) is 0 Å². The average Bonchev–Trinajstić information content (AvgIpc) is 2.21. The fourth-order valence-corrected chi connectivity index (χ4v) is 1.35. The van der Waals surface area contributed by atoms with Crippen LogP contribution in [0.1, 0.15) is 19.3 Å². The second-order valence-electron chi connectivity index (χ2n) is 3.31. The third kappa shape index (κ3) is 4.04. The summed E-state index contributed by atoms with van der Waals surface area (Å²) in [7, 11) is 0. The van der Waals surface area contributed by atoms with Gasteiger partial charge in [0.25, 0.3) is 0 Å². The van der Waals surface area contributed by atoms with Crippen LogP contribution in [0.15, 0.2) is 0 Å². The molecule has 1 rings (SSSR count). The summed E-state index contributed by atoms with van der Waals surface area (Å²) >= 11 is 0. The Labute approximate surface area is 78.5 Å². The van der Waals surface area contributed by atoms with Crippen molar-refractivity contribution in [2.75, 3.05) is 26.4 Å². The van der Waals surface area contributed by atoms with Gasteiger partial charge in [-0.3, -0.25) is 0 Å². The fourth-order valence-electron chi connectivity index (χ4n) is 1.35. The molecular weight excluding hydrogens is 172 g/mol. The van der Waals surface area contributed by atoms with Crippen molar-refractivity contribution in [2.24, 2.45) is 0 Å². The third-order valence-corrected chi connectivity index (χ3v) is 2.20. The quantitative estimate of drug-likeness (QED) is 0.637. The minimum absolute atomic E-state index is 0.136. The zero-order valence-corrected chi connectivity index (χ0v) is 7.82. The predicted molar refractivity (Wildman–Crippen MR) is 47.5 cm³/mol. The highest BCUT2D eigenvalue weighted by Gasteiger charge is 2.16. The Hall–Kier alpha value is -0.160. The Morgan fingerprint density at radius 2 is 2.08 bits per heavy atom.